The van der Waals surface area contributed by atoms with Crippen molar-refractivity contribution in [3.05, 3.63) is 56.6 Å². The van der Waals surface area contributed by atoms with Gasteiger partial charge < -0.3 is 32.2 Å². The monoisotopic (exact) mass is 426 g/mol. The number of nitrogens with zero attached hydrogens (tertiary/aromatic N) is 6. The number of piperidine rings is 2. The van der Waals surface area contributed by atoms with Crippen molar-refractivity contribution < 1.29 is 31.7 Å². The summed E-state index contributed by atoms with van der Waals surface area (Å²) in [7, 11) is 0. The van der Waals surface area contributed by atoms with E-state index in [4.69, 9.17) is 30.6 Å². The van der Waals surface area contributed by atoms with Crippen LogP contribution in [0.5, 0.6) is 0 Å². The maximum atomic E-state index is 8.24. The molecule has 3 heterocycles. The molecule has 0 saturated carbocycles. The summed E-state index contributed by atoms with van der Waals surface area (Å²) in [5, 5.41) is 32.6. The van der Waals surface area contributed by atoms with Gasteiger partial charge in [0.25, 0.3) is 0 Å². The van der Waals surface area contributed by atoms with Crippen LogP contribution >= 0.6 is 0 Å². The summed E-state index contributed by atoms with van der Waals surface area (Å²) in [6.07, 6.45) is 17.4. The molecule has 3 aliphatic heterocycles. The van der Waals surface area contributed by atoms with E-state index in [1.807, 2.05) is 18.2 Å². The molecule has 0 aromatic rings. The SMILES string of the molecule is C1=CC[N-]C=C1.C1CC[N-]CC1.C1CC[N-]CC1.[Cr+6].[N-]=C=O.[N-]=C=O.[N-]=C=O. The van der Waals surface area contributed by atoms with Crippen molar-refractivity contribution in [1.82, 2.24) is 0 Å². The van der Waals surface area contributed by atoms with E-state index in [9.17, 15) is 0 Å². The molecule has 10 heteroatoms. The number of allylic oxidation sites excluding steroid dienone is 2. The number of rotatable bonds is 0. The Bertz CT molecular complexity index is 371. The molecule has 0 N–H and O–H groups in total. The van der Waals surface area contributed by atoms with Gasteiger partial charge in [-0.3, -0.25) is 14.4 Å². The van der Waals surface area contributed by atoms with Crippen LogP contribution in [0.2, 0.25) is 0 Å². The van der Waals surface area contributed by atoms with Crippen molar-refractivity contribution in [2.24, 2.45) is 0 Å². The molecule has 9 nitrogen and oxygen atoms in total. The molecule has 0 aliphatic carbocycles. The fourth-order valence-electron chi connectivity index (χ4n) is 1.84. The molecule has 0 aromatic carbocycles. The molecule has 2 saturated heterocycles. The second-order valence-electron chi connectivity index (χ2n) is 4.87. The molecule has 28 heavy (non-hydrogen) atoms. The fraction of sp³-hybridized carbons (Fsp3) is 0.611. The molecule has 0 radical (unpaired) electrons. The summed E-state index contributed by atoms with van der Waals surface area (Å²) >= 11 is 0. The van der Waals surface area contributed by atoms with Gasteiger partial charge in [-0.2, -0.15) is 6.20 Å². The first-order chi connectivity index (χ1) is 13.2. The maximum Gasteiger partial charge on any atom is 6.00 e. The summed E-state index contributed by atoms with van der Waals surface area (Å²) in [4.78, 5) is 24.7. The van der Waals surface area contributed by atoms with Crippen LogP contribution in [-0.2, 0) is 31.7 Å². The Morgan fingerprint density at radius 3 is 1.07 bits per heavy atom. The van der Waals surface area contributed by atoms with Crippen LogP contribution < -0.4 is 0 Å². The molecule has 0 bridgehead atoms. The Labute approximate surface area is 178 Å². The Morgan fingerprint density at radius 2 is 1.00 bits per heavy atom. The number of hydrogen-bond acceptors (Lipinski definition) is 3. The van der Waals surface area contributed by atoms with Crippen LogP contribution in [0, 0.1) is 0 Å². The zero-order chi connectivity index (χ0) is 20.8. The molecule has 0 atom stereocenters. The van der Waals surface area contributed by atoms with Gasteiger partial charge in [-0.15, -0.1) is 38.8 Å². The first-order valence-corrected chi connectivity index (χ1v) is 8.53. The normalized spacial score (nSPS) is 14.9. The zero-order valence-electron chi connectivity index (χ0n) is 15.9. The minimum Gasteiger partial charge on any atom is -0.724 e. The van der Waals surface area contributed by atoms with E-state index in [-0.39, 0.29) is 17.4 Å². The number of isocyanates is 3. The zero-order valence-corrected chi connectivity index (χ0v) is 17.2. The Kier molecular flexibility index (Phi) is 47.6. The Balaban J connectivity index is -0.000000127. The first-order valence-electron chi connectivity index (χ1n) is 8.53. The average molecular weight is 426 g/mol. The summed E-state index contributed by atoms with van der Waals surface area (Å²) in [6.45, 7) is 5.36. The third kappa shape index (κ3) is 49.6. The molecule has 2 fully saturated rings. The summed E-state index contributed by atoms with van der Waals surface area (Å²) in [5.74, 6) is 0. The summed E-state index contributed by atoms with van der Waals surface area (Å²) in [5.41, 5.74) is 0. The topological polar surface area (TPSA) is 160 Å². The third-order valence-electron chi connectivity index (χ3n) is 2.91. The van der Waals surface area contributed by atoms with Gasteiger partial charge in [0, 0.05) is 0 Å². The van der Waals surface area contributed by atoms with E-state index in [2.05, 4.69) is 16.0 Å². The van der Waals surface area contributed by atoms with E-state index in [1.54, 1.807) is 6.20 Å². The van der Waals surface area contributed by atoms with Crippen LogP contribution in [0.25, 0.3) is 32.2 Å². The molecular weight excluding hydrogens is 400 g/mol. The standard InChI is InChI=1S/2C5H10N.C5H6N.3CNO.Cr/c3*1-2-4-6-5-3-1;3*2-1-3;/h2*1-5H2;1-4H,5H2;;;;/q6*-1;+6. The first kappa shape index (κ1) is 33.5. The van der Waals surface area contributed by atoms with Gasteiger partial charge in [-0.25, -0.2) is 0 Å². The molecule has 0 spiro atoms. The van der Waals surface area contributed by atoms with Gasteiger partial charge in [-0.1, -0.05) is 50.7 Å². The maximum absolute atomic E-state index is 8.24. The molecule has 3 aliphatic rings. The van der Waals surface area contributed by atoms with Gasteiger partial charge in [0.2, 0.25) is 0 Å². The number of carbonyl (C=O) groups excluding carboxylic acids is 3. The molecule has 0 aromatic heterocycles. The van der Waals surface area contributed by atoms with E-state index in [0.29, 0.717) is 18.2 Å². The fourth-order valence-corrected chi connectivity index (χ4v) is 1.84. The second kappa shape index (κ2) is 39.8. The van der Waals surface area contributed by atoms with Crippen molar-refractivity contribution in [2.75, 3.05) is 32.7 Å². The predicted octanol–water partition coefficient (Wildman–Crippen LogP) is 4.20. The van der Waals surface area contributed by atoms with Crippen molar-refractivity contribution >= 4 is 18.2 Å². The third-order valence-corrected chi connectivity index (χ3v) is 2.91. The molecule has 3 rings (SSSR count). The van der Waals surface area contributed by atoms with Crippen molar-refractivity contribution in [1.29, 1.82) is 0 Å². The van der Waals surface area contributed by atoms with Crippen LogP contribution in [0.15, 0.2) is 24.4 Å². The van der Waals surface area contributed by atoms with E-state index >= 15 is 0 Å². The van der Waals surface area contributed by atoms with E-state index < -0.39 is 0 Å². The molecular formula is C18H26CrN6O3. The van der Waals surface area contributed by atoms with Gasteiger partial charge in [0.05, 0.1) is 0 Å². The van der Waals surface area contributed by atoms with Gasteiger partial charge in [0.15, 0.2) is 0 Å². The minimum absolute atomic E-state index is 0. The van der Waals surface area contributed by atoms with Crippen LogP contribution in [0.4, 0.5) is 0 Å². The van der Waals surface area contributed by atoms with Gasteiger partial charge in [0.1, 0.15) is 0 Å². The van der Waals surface area contributed by atoms with Crippen molar-refractivity contribution in [3.8, 4) is 0 Å². The summed E-state index contributed by atoms with van der Waals surface area (Å²) in [6, 6.07) is 0. The van der Waals surface area contributed by atoms with Crippen molar-refractivity contribution in [3.63, 3.8) is 0 Å². The minimum atomic E-state index is 0. The smallest absolute Gasteiger partial charge is 0.724 e. The van der Waals surface area contributed by atoms with Crippen LogP contribution in [-0.4, -0.2) is 51.0 Å². The molecule has 0 amide bonds. The number of hydrogen-bond donors (Lipinski definition) is 0. The second-order valence-corrected chi connectivity index (χ2v) is 4.87. The average Bonchev–Trinajstić information content (AvgIpc) is 2.75. The van der Waals surface area contributed by atoms with Crippen LogP contribution in [0.3, 0.4) is 0 Å². The Hall–Kier alpha value is -2.13. The summed E-state index contributed by atoms with van der Waals surface area (Å²) < 4.78 is 0. The van der Waals surface area contributed by atoms with Gasteiger partial charge >= 0.3 is 17.4 Å². The van der Waals surface area contributed by atoms with E-state index in [1.165, 1.54) is 38.5 Å². The quantitative estimate of drug-likeness (QED) is 0.420. The van der Waals surface area contributed by atoms with Crippen molar-refractivity contribution in [2.45, 2.75) is 38.5 Å². The molecule has 152 valence electrons. The van der Waals surface area contributed by atoms with Gasteiger partial charge in [-0.05, 0) is 18.2 Å². The van der Waals surface area contributed by atoms with E-state index in [0.717, 1.165) is 32.7 Å². The predicted molar refractivity (Wildman–Crippen MR) is 108 cm³/mol. The largest absolute Gasteiger partial charge is 6.00 e. The Morgan fingerprint density at radius 1 is 0.643 bits per heavy atom. The van der Waals surface area contributed by atoms with Crippen LogP contribution in [0.1, 0.15) is 38.5 Å². The molecule has 0 unspecified atom stereocenters.